The molecule has 0 saturated heterocycles. The Labute approximate surface area is 183 Å². The third-order valence-electron chi connectivity index (χ3n) is 4.80. The summed E-state index contributed by atoms with van der Waals surface area (Å²) in [6, 6.07) is 18.2. The second-order valence-electron chi connectivity index (χ2n) is 7.00. The Balaban J connectivity index is 1.83. The number of anilines is 1. The first-order valence-electron chi connectivity index (χ1n) is 9.25. The molecule has 3 aromatic rings. The van der Waals surface area contributed by atoms with E-state index < -0.39 is 17.6 Å². The number of hydrogen-bond donors (Lipinski definition) is 0. The lowest BCUT2D eigenvalue weighted by Gasteiger charge is -2.18. The van der Waals surface area contributed by atoms with E-state index in [0.29, 0.717) is 21.2 Å². The van der Waals surface area contributed by atoms with Crippen LogP contribution < -0.4 is 4.90 Å². The van der Waals surface area contributed by atoms with E-state index in [2.05, 4.69) is 0 Å². The second-order valence-corrected chi connectivity index (χ2v) is 8.52. The van der Waals surface area contributed by atoms with Gasteiger partial charge in [-0.25, -0.2) is 9.29 Å². The Bertz CT molecular complexity index is 1190. The standard InChI is InChI=1S/C24H17ClFNO2S/c1-14-3-12-20(15(2)13-14)27-23(28)21(16-4-8-18(26)9-5-16)22(24(27)29)30-19-10-6-17(25)7-11-19/h3-13H,1-2H3. The van der Waals surface area contributed by atoms with Crippen molar-refractivity contribution >= 4 is 46.4 Å². The maximum absolute atomic E-state index is 13.5. The highest BCUT2D eigenvalue weighted by Crippen LogP contribution is 2.42. The van der Waals surface area contributed by atoms with E-state index in [9.17, 15) is 14.0 Å². The molecular formula is C24H17ClFNO2S. The van der Waals surface area contributed by atoms with Gasteiger partial charge in [0.15, 0.2) is 0 Å². The fraction of sp³-hybridized carbons (Fsp3) is 0.0833. The van der Waals surface area contributed by atoms with Crippen molar-refractivity contribution < 1.29 is 14.0 Å². The summed E-state index contributed by atoms with van der Waals surface area (Å²) in [6.45, 7) is 3.82. The highest BCUT2D eigenvalue weighted by Gasteiger charge is 2.41. The molecule has 0 bridgehead atoms. The van der Waals surface area contributed by atoms with Gasteiger partial charge in [0.1, 0.15) is 5.82 Å². The predicted octanol–water partition coefficient (Wildman–Crippen LogP) is 6.17. The van der Waals surface area contributed by atoms with E-state index in [-0.39, 0.29) is 5.57 Å². The number of rotatable bonds is 4. The van der Waals surface area contributed by atoms with Gasteiger partial charge in [0, 0.05) is 9.92 Å². The fourth-order valence-corrected chi connectivity index (χ4v) is 4.49. The van der Waals surface area contributed by atoms with Gasteiger partial charge in [-0.15, -0.1) is 0 Å². The zero-order valence-corrected chi connectivity index (χ0v) is 17.9. The third-order valence-corrected chi connectivity index (χ3v) is 6.14. The van der Waals surface area contributed by atoms with E-state index in [0.717, 1.165) is 16.0 Å². The number of thioether (sulfide) groups is 1. The molecule has 0 spiro atoms. The number of aryl methyl sites for hydroxylation is 2. The molecular weight excluding hydrogens is 421 g/mol. The van der Waals surface area contributed by atoms with Crippen molar-refractivity contribution in [2.75, 3.05) is 4.90 Å². The van der Waals surface area contributed by atoms with Gasteiger partial charge in [0.2, 0.25) is 0 Å². The lowest BCUT2D eigenvalue weighted by molar-refractivity contribution is -0.119. The average molecular weight is 438 g/mol. The highest BCUT2D eigenvalue weighted by molar-refractivity contribution is 8.04. The summed E-state index contributed by atoms with van der Waals surface area (Å²) in [5, 5.41) is 0.581. The summed E-state index contributed by atoms with van der Waals surface area (Å²) < 4.78 is 13.5. The van der Waals surface area contributed by atoms with Gasteiger partial charge in [0.25, 0.3) is 11.8 Å². The van der Waals surface area contributed by atoms with Crippen molar-refractivity contribution in [1.82, 2.24) is 0 Å². The van der Waals surface area contributed by atoms with E-state index >= 15 is 0 Å². The molecule has 0 radical (unpaired) electrons. The summed E-state index contributed by atoms with van der Waals surface area (Å²) in [4.78, 5) is 29.1. The first-order chi connectivity index (χ1) is 14.3. The van der Waals surface area contributed by atoms with Crippen LogP contribution in [0.1, 0.15) is 16.7 Å². The summed E-state index contributed by atoms with van der Waals surface area (Å²) in [6.07, 6.45) is 0. The first-order valence-corrected chi connectivity index (χ1v) is 10.4. The summed E-state index contributed by atoms with van der Waals surface area (Å²) in [5.41, 5.74) is 3.17. The summed E-state index contributed by atoms with van der Waals surface area (Å²) in [5.74, 6) is -1.23. The van der Waals surface area contributed by atoms with E-state index in [1.165, 1.54) is 40.9 Å². The maximum Gasteiger partial charge on any atom is 0.272 e. The van der Waals surface area contributed by atoms with E-state index in [4.69, 9.17) is 11.6 Å². The normalized spacial score (nSPS) is 14.1. The Morgan fingerprint density at radius 2 is 1.53 bits per heavy atom. The number of hydrogen-bond acceptors (Lipinski definition) is 3. The minimum atomic E-state index is -0.421. The molecule has 0 atom stereocenters. The van der Waals surface area contributed by atoms with Crippen molar-refractivity contribution in [3.63, 3.8) is 0 Å². The summed E-state index contributed by atoms with van der Waals surface area (Å²) in [7, 11) is 0. The van der Waals surface area contributed by atoms with Crippen LogP contribution in [0.3, 0.4) is 0 Å². The van der Waals surface area contributed by atoms with E-state index in [1.807, 2.05) is 26.0 Å². The van der Waals surface area contributed by atoms with Crippen molar-refractivity contribution in [3.8, 4) is 0 Å². The third kappa shape index (κ3) is 3.78. The molecule has 30 heavy (non-hydrogen) atoms. The number of benzene rings is 3. The molecule has 150 valence electrons. The Morgan fingerprint density at radius 3 is 2.17 bits per heavy atom. The molecule has 6 heteroatoms. The van der Waals surface area contributed by atoms with Gasteiger partial charge in [-0.3, -0.25) is 9.59 Å². The maximum atomic E-state index is 13.5. The molecule has 1 aliphatic rings. The minimum Gasteiger partial charge on any atom is -0.268 e. The second kappa shape index (κ2) is 8.09. The van der Waals surface area contributed by atoms with Crippen molar-refractivity contribution in [3.05, 3.63) is 99.2 Å². The molecule has 0 unspecified atom stereocenters. The largest absolute Gasteiger partial charge is 0.272 e. The zero-order chi connectivity index (χ0) is 21.4. The molecule has 4 rings (SSSR count). The van der Waals surface area contributed by atoms with Crippen LogP contribution in [0.15, 0.2) is 76.5 Å². The smallest absolute Gasteiger partial charge is 0.268 e. The quantitative estimate of drug-likeness (QED) is 0.458. The van der Waals surface area contributed by atoms with Crippen molar-refractivity contribution in [2.45, 2.75) is 18.7 Å². The molecule has 2 amide bonds. The molecule has 1 heterocycles. The van der Waals surface area contributed by atoms with Crippen LogP contribution in [0.25, 0.3) is 5.57 Å². The van der Waals surface area contributed by atoms with Gasteiger partial charge in [-0.1, -0.05) is 53.2 Å². The molecule has 3 nitrogen and oxygen atoms in total. The number of imide groups is 1. The first kappa shape index (κ1) is 20.4. The molecule has 0 N–H and O–H groups in total. The van der Waals surface area contributed by atoms with Crippen molar-refractivity contribution in [2.24, 2.45) is 0 Å². The number of nitrogens with zero attached hydrogens (tertiary/aromatic N) is 1. The van der Waals surface area contributed by atoms with Crippen LogP contribution >= 0.6 is 23.4 Å². The Morgan fingerprint density at radius 1 is 0.867 bits per heavy atom. The minimum absolute atomic E-state index is 0.264. The van der Waals surface area contributed by atoms with Gasteiger partial charge in [-0.2, -0.15) is 0 Å². The van der Waals surface area contributed by atoms with Gasteiger partial charge in [-0.05, 0) is 67.4 Å². The number of carbonyl (C=O) groups excluding carboxylic acids is 2. The molecule has 0 saturated carbocycles. The van der Waals surface area contributed by atoms with Crippen LogP contribution in [0, 0.1) is 19.7 Å². The zero-order valence-electron chi connectivity index (χ0n) is 16.3. The Kier molecular flexibility index (Phi) is 5.50. The topological polar surface area (TPSA) is 37.4 Å². The fourth-order valence-electron chi connectivity index (χ4n) is 3.37. The van der Waals surface area contributed by atoms with Crippen LogP contribution in [0.2, 0.25) is 5.02 Å². The monoisotopic (exact) mass is 437 g/mol. The van der Waals surface area contributed by atoms with E-state index in [1.54, 1.807) is 30.3 Å². The molecule has 0 aromatic heterocycles. The lowest BCUT2D eigenvalue weighted by atomic mass is 10.1. The van der Waals surface area contributed by atoms with Crippen LogP contribution in [0.4, 0.5) is 10.1 Å². The Hall–Kier alpha value is -2.89. The number of carbonyl (C=O) groups is 2. The SMILES string of the molecule is Cc1ccc(N2C(=O)C(Sc3ccc(Cl)cc3)=C(c3ccc(F)cc3)C2=O)c(C)c1. The van der Waals surface area contributed by atoms with Crippen molar-refractivity contribution in [1.29, 1.82) is 0 Å². The number of amides is 2. The highest BCUT2D eigenvalue weighted by atomic mass is 35.5. The molecule has 1 aliphatic heterocycles. The molecule has 0 fully saturated rings. The molecule has 0 aliphatic carbocycles. The average Bonchev–Trinajstić information content (AvgIpc) is 2.95. The molecule has 3 aromatic carbocycles. The van der Waals surface area contributed by atoms with Crippen LogP contribution in [-0.2, 0) is 9.59 Å². The summed E-state index contributed by atoms with van der Waals surface area (Å²) >= 11 is 7.17. The van der Waals surface area contributed by atoms with Crippen LogP contribution in [0.5, 0.6) is 0 Å². The van der Waals surface area contributed by atoms with Gasteiger partial charge >= 0.3 is 0 Å². The van der Waals surface area contributed by atoms with Gasteiger partial charge in [0.05, 0.1) is 16.2 Å². The van der Waals surface area contributed by atoms with Gasteiger partial charge < -0.3 is 0 Å². The predicted molar refractivity (Wildman–Crippen MR) is 119 cm³/mol. The number of halogens is 2. The lowest BCUT2D eigenvalue weighted by Crippen LogP contribution is -2.31. The van der Waals surface area contributed by atoms with Crippen LogP contribution in [-0.4, -0.2) is 11.8 Å².